The van der Waals surface area contributed by atoms with Crippen LogP contribution in [0.15, 0.2) is 72.8 Å². The quantitative estimate of drug-likeness (QED) is 0.408. The van der Waals surface area contributed by atoms with Crippen LogP contribution in [-0.2, 0) is 20.7 Å². The summed E-state index contributed by atoms with van der Waals surface area (Å²) < 4.78 is 5.54. The van der Waals surface area contributed by atoms with Gasteiger partial charge in [0, 0.05) is 30.5 Å². The molecular formula is C28H28N2O5. The van der Waals surface area contributed by atoms with Gasteiger partial charge in [0.05, 0.1) is 0 Å². The second-order valence-corrected chi connectivity index (χ2v) is 8.71. The summed E-state index contributed by atoms with van der Waals surface area (Å²) in [5.41, 5.74) is 6.11. The number of hydrogen-bond donors (Lipinski definition) is 3. The molecule has 0 aliphatic heterocycles. The van der Waals surface area contributed by atoms with Crippen molar-refractivity contribution in [2.45, 2.75) is 38.1 Å². The lowest BCUT2D eigenvalue weighted by Crippen LogP contribution is -2.36. The summed E-state index contributed by atoms with van der Waals surface area (Å²) in [5, 5.41) is 14.3. The lowest BCUT2D eigenvalue weighted by atomic mass is 9.98. The number of carbonyl (C=O) groups excluding carboxylic acids is 2. The lowest BCUT2D eigenvalue weighted by Gasteiger charge is -2.17. The van der Waals surface area contributed by atoms with Crippen molar-refractivity contribution >= 4 is 23.7 Å². The van der Waals surface area contributed by atoms with Crippen molar-refractivity contribution in [1.29, 1.82) is 0 Å². The molecule has 3 aromatic rings. The van der Waals surface area contributed by atoms with E-state index in [4.69, 9.17) is 9.84 Å². The summed E-state index contributed by atoms with van der Waals surface area (Å²) in [6, 6.07) is 22.9. The van der Waals surface area contributed by atoms with Gasteiger partial charge in [0.15, 0.2) is 0 Å². The average Bonchev–Trinajstić information content (AvgIpc) is 3.16. The van der Waals surface area contributed by atoms with Gasteiger partial charge in [-0.25, -0.2) is 4.79 Å². The van der Waals surface area contributed by atoms with Crippen LogP contribution in [0.25, 0.3) is 11.1 Å². The van der Waals surface area contributed by atoms with Gasteiger partial charge in [0.25, 0.3) is 0 Å². The van der Waals surface area contributed by atoms with E-state index in [1.807, 2.05) is 24.3 Å². The molecule has 4 rings (SSSR count). The maximum Gasteiger partial charge on any atom is 0.407 e. The molecule has 7 nitrogen and oxygen atoms in total. The number of carbonyl (C=O) groups is 3. The molecule has 0 saturated heterocycles. The van der Waals surface area contributed by atoms with E-state index in [1.54, 1.807) is 31.2 Å². The number of fused-ring (bicyclic) bond motifs is 3. The Labute approximate surface area is 204 Å². The van der Waals surface area contributed by atoms with Gasteiger partial charge in [-0.3, -0.25) is 9.59 Å². The van der Waals surface area contributed by atoms with Crippen molar-refractivity contribution in [3.8, 4) is 11.1 Å². The molecule has 35 heavy (non-hydrogen) atoms. The van der Waals surface area contributed by atoms with Crippen molar-refractivity contribution in [3.63, 3.8) is 0 Å². The van der Waals surface area contributed by atoms with Gasteiger partial charge >= 0.3 is 12.1 Å². The van der Waals surface area contributed by atoms with Gasteiger partial charge < -0.3 is 20.5 Å². The molecule has 2 amide bonds. The van der Waals surface area contributed by atoms with Crippen molar-refractivity contribution in [1.82, 2.24) is 5.32 Å². The zero-order chi connectivity index (χ0) is 24.8. The first kappa shape index (κ1) is 24.0. The standard InChI is InChI=1S/C28H28N2O5/c1-18(16-26(31)30-20-13-10-19(11-14-20)12-15-27(32)33)29-28(34)35-17-25-23-8-4-2-6-21(23)22-7-3-5-9-24(22)25/h2-11,13-14,18,25H,12,15-17H2,1H3,(H,29,34)(H,30,31)(H,32,33)/t18-/m0/s1. The molecule has 0 unspecified atom stereocenters. The van der Waals surface area contributed by atoms with Gasteiger partial charge in [0.1, 0.15) is 6.61 Å². The Kier molecular flexibility index (Phi) is 7.45. The summed E-state index contributed by atoms with van der Waals surface area (Å²) in [6.45, 7) is 1.96. The third kappa shape index (κ3) is 6.06. The highest BCUT2D eigenvalue weighted by Gasteiger charge is 2.29. The number of carboxylic acids is 1. The summed E-state index contributed by atoms with van der Waals surface area (Å²) >= 11 is 0. The minimum Gasteiger partial charge on any atom is -0.481 e. The van der Waals surface area contributed by atoms with E-state index in [-0.39, 0.29) is 31.3 Å². The van der Waals surface area contributed by atoms with E-state index in [0.29, 0.717) is 12.1 Å². The normalized spacial score (nSPS) is 12.8. The van der Waals surface area contributed by atoms with Crippen LogP contribution < -0.4 is 10.6 Å². The maximum absolute atomic E-state index is 12.4. The van der Waals surface area contributed by atoms with Crippen LogP contribution >= 0.6 is 0 Å². The predicted octanol–water partition coefficient (Wildman–Crippen LogP) is 4.96. The van der Waals surface area contributed by atoms with E-state index >= 15 is 0 Å². The molecule has 0 spiro atoms. The summed E-state index contributed by atoms with van der Waals surface area (Å²) in [6.07, 6.45) is 0.0235. The third-order valence-electron chi connectivity index (χ3n) is 6.06. The summed E-state index contributed by atoms with van der Waals surface area (Å²) in [7, 11) is 0. The number of aliphatic carboxylic acids is 1. The number of anilines is 1. The first-order chi connectivity index (χ1) is 16.9. The van der Waals surface area contributed by atoms with Gasteiger partial charge in [-0.2, -0.15) is 0 Å². The molecule has 0 heterocycles. The zero-order valence-corrected chi connectivity index (χ0v) is 19.5. The number of nitrogens with one attached hydrogen (secondary N) is 2. The Morgan fingerprint density at radius 1 is 0.914 bits per heavy atom. The van der Waals surface area contributed by atoms with Crippen LogP contribution in [0, 0.1) is 0 Å². The molecule has 0 aromatic heterocycles. The molecule has 1 atom stereocenters. The van der Waals surface area contributed by atoms with Crippen molar-refractivity contribution in [3.05, 3.63) is 89.5 Å². The average molecular weight is 473 g/mol. The molecule has 1 aliphatic carbocycles. The summed E-state index contributed by atoms with van der Waals surface area (Å²) in [5.74, 6) is -1.11. The van der Waals surface area contributed by atoms with E-state index in [9.17, 15) is 14.4 Å². The number of aryl methyl sites for hydroxylation is 1. The zero-order valence-electron chi connectivity index (χ0n) is 19.5. The smallest absolute Gasteiger partial charge is 0.407 e. The number of amides is 2. The minimum atomic E-state index is -0.847. The number of rotatable bonds is 9. The summed E-state index contributed by atoms with van der Waals surface area (Å²) in [4.78, 5) is 35.5. The first-order valence-corrected chi connectivity index (χ1v) is 11.6. The fraction of sp³-hybridized carbons (Fsp3) is 0.250. The Bertz CT molecular complexity index is 1180. The van der Waals surface area contributed by atoms with Crippen molar-refractivity contribution < 1.29 is 24.2 Å². The van der Waals surface area contributed by atoms with E-state index in [0.717, 1.165) is 27.8 Å². The van der Waals surface area contributed by atoms with Gasteiger partial charge in [-0.05, 0) is 53.3 Å². The van der Waals surface area contributed by atoms with Crippen molar-refractivity contribution in [2.75, 3.05) is 11.9 Å². The molecule has 1 aliphatic rings. The molecule has 3 N–H and O–H groups in total. The minimum absolute atomic E-state index is 0.0229. The third-order valence-corrected chi connectivity index (χ3v) is 6.06. The van der Waals surface area contributed by atoms with Crippen LogP contribution in [-0.4, -0.2) is 35.7 Å². The van der Waals surface area contributed by atoms with Gasteiger partial charge in [-0.1, -0.05) is 60.7 Å². The Morgan fingerprint density at radius 3 is 2.11 bits per heavy atom. The fourth-order valence-electron chi connectivity index (χ4n) is 4.39. The van der Waals surface area contributed by atoms with Crippen LogP contribution in [0.2, 0.25) is 0 Å². The van der Waals surface area contributed by atoms with Gasteiger partial charge in [-0.15, -0.1) is 0 Å². The maximum atomic E-state index is 12.4. The van der Waals surface area contributed by atoms with E-state index < -0.39 is 18.1 Å². The molecule has 0 bridgehead atoms. The fourth-order valence-corrected chi connectivity index (χ4v) is 4.39. The number of hydrogen-bond acceptors (Lipinski definition) is 4. The monoisotopic (exact) mass is 472 g/mol. The molecule has 180 valence electrons. The second kappa shape index (κ2) is 10.9. The van der Waals surface area contributed by atoms with Crippen LogP contribution in [0.3, 0.4) is 0 Å². The topological polar surface area (TPSA) is 105 Å². The molecule has 0 fully saturated rings. The number of benzene rings is 3. The largest absolute Gasteiger partial charge is 0.481 e. The SMILES string of the molecule is C[C@@H](CC(=O)Nc1ccc(CCC(=O)O)cc1)NC(=O)OCC1c2ccccc2-c2ccccc21. The first-order valence-electron chi connectivity index (χ1n) is 11.6. The molecule has 0 radical (unpaired) electrons. The number of carboxylic acid groups (broad SMARTS) is 1. The van der Waals surface area contributed by atoms with E-state index in [1.165, 1.54) is 0 Å². The Balaban J connectivity index is 1.25. The van der Waals surface area contributed by atoms with Crippen LogP contribution in [0.5, 0.6) is 0 Å². The molecule has 3 aromatic carbocycles. The molecule has 7 heteroatoms. The lowest BCUT2D eigenvalue weighted by molar-refractivity contribution is -0.137. The predicted molar refractivity (Wildman–Crippen MR) is 133 cm³/mol. The highest BCUT2D eigenvalue weighted by Crippen LogP contribution is 2.44. The molecule has 0 saturated carbocycles. The Morgan fingerprint density at radius 2 is 1.51 bits per heavy atom. The highest BCUT2D eigenvalue weighted by atomic mass is 16.5. The van der Waals surface area contributed by atoms with Crippen LogP contribution in [0.1, 0.15) is 42.4 Å². The van der Waals surface area contributed by atoms with Crippen molar-refractivity contribution in [2.24, 2.45) is 0 Å². The Hall–Kier alpha value is -4.13. The second-order valence-electron chi connectivity index (χ2n) is 8.71. The number of ether oxygens (including phenoxy) is 1. The molecular weight excluding hydrogens is 444 g/mol. The highest BCUT2D eigenvalue weighted by molar-refractivity contribution is 5.91. The van der Waals surface area contributed by atoms with Crippen LogP contribution in [0.4, 0.5) is 10.5 Å². The van der Waals surface area contributed by atoms with Gasteiger partial charge in [0.2, 0.25) is 5.91 Å². The van der Waals surface area contributed by atoms with E-state index in [2.05, 4.69) is 34.9 Å². The number of alkyl carbamates (subject to hydrolysis) is 1.